The lowest BCUT2D eigenvalue weighted by Gasteiger charge is -2.32. The van der Waals surface area contributed by atoms with Gasteiger partial charge in [0.05, 0.1) is 19.1 Å². The second-order valence-electron chi connectivity index (χ2n) is 12.0. The van der Waals surface area contributed by atoms with Crippen LogP contribution in [0.15, 0.2) is 48.5 Å². The minimum absolute atomic E-state index is 0.0884. The molecule has 2 unspecified atom stereocenters. The van der Waals surface area contributed by atoms with E-state index in [4.69, 9.17) is 28.4 Å². The molecule has 3 saturated heterocycles. The van der Waals surface area contributed by atoms with E-state index in [1.54, 1.807) is 20.8 Å². The fraction of sp³-hybridized carbons (Fsp3) is 0.545. The van der Waals surface area contributed by atoms with E-state index in [1.807, 2.05) is 24.3 Å². The molecule has 2 aromatic rings. The highest BCUT2D eigenvalue weighted by Crippen LogP contribution is 2.45. The van der Waals surface area contributed by atoms with Crippen molar-refractivity contribution in [2.45, 2.75) is 88.4 Å². The van der Waals surface area contributed by atoms with Gasteiger partial charge in [-0.05, 0) is 55.9 Å². The Kier molecular flexibility index (Phi) is 8.65. The zero-order valence-corrected chi connectivity index (χ0v) is 25.5. The van der Waals surface area contributed by atoms with E-state index < -0.39 is 60.4 Å². The smallest absolute Gasteiger partial charge is 0.410 e. The standard InChI is InChI=1S/C33H40N2O9/c1-5-40-26(36)17-24(27-28(39-4)29-31(42-27)44-33(2,3)43-29)34-30(37)25-15-10-16-35(25)32(38)41-18-23-21-13-8-6-11-19(21)20-12-7-9-14-22(20)23/h6-9,11-14,23-25,27-29,31H,5,10,15-18H2,1-4H3,(H,34,37)/t24?,25-,27?,28+,29-,31-/m0/s1. The van der Waals surface area contributed by atoms with E-state index in [0.29, 0.717) is 19.4 Å². The van der Waals surface area contributed by atoms with Gasteiger partial charge in [-0.3, -0.25) is 14.5 Å². The highest BCUT2D eigenvalue weighted by Gasteiger charge is 2.57. The molecule has 44 heavy (non-hydrogen) atoms. The van der Waals surface area contributed by atoms with Gasteiger partial charge < -0.3 is 33.7 Å². The average molecular weight is 609 g/mol. The number of fused-ring (bicyclic) bond motifs is 4. The maximum atomic E-state index is 13.7. The lowest BCUT2D eigenvalue weighted by Crippen LogP contribution is -2.55. The molecule has 11 nitrogen and oxygen atoms in total. The molecule has 0 bridgehead atoms. The van der Waals surface area contributed by atoms with Crippen LogP contribution in [-0.2, 0) is 38.0 Å². The van der Waals surface area contributed by atoms with Crippen LogP contribution in [0.3, 0.4) is 0 Å². The zero-order chi connectivity index (χ0) is 31.0. The van der Waals surface area contributed by atoms with Crippen LogP contribution in [-0.4, -0.2) is 92.2 Å². The Morgan fingerprint density at radius 2 is 1.70 bits per heavy atom. The van der Waals surface area contributed by atoms with Gasteiger partial charge in [-0.25, -0.2) is 4.79 Å². The number of benzene rings is 2. The summed E-state index contributed by atoms with van der Waals surface area (Å²) < 4.78 is 34.8. The number of nitrogens with zero attached hydrogens (tertiary/aromatic N) is 1. The maximum Gasteiger partial charge on any atom is 0.410 e. The van der Waals surface area contributed by atoms with Gasteiger partial charge in [0.1, 0.15) is 31.0 Å². The van der Waals surface area contributed by atoms with Gasteiger partial charge in [-0.1, -0.05) is 48.5 Å². The molecule has 2 amide bonds. The van der Waals surface area contributed by atoms with E-state index in [2.05, 4.69) is 29.6 Å². The second kappa shape index (κ2) is 12.5. The van der Waals surface area contributed by atoms with Crippen molar-refractivity contribution in [2.24, 2.45) is 0 Å². The normalized spacial score (nSPS) is 27.4. The van der Waals surface area contributed by atoms with E-state index in [-0.39, 0.29) is 25.6 Å². The second-order valence-corrected chi connectivity index (χ2v) is 12.0. The molecule has 3 aliphatic heterocycles. The van der Waals surface area contributed by atoms with Crippen molar-refractivity contribution in [3.8, 4) is 11.1 Å². The number of amides is 2. The SMILES string of the molecule is CCOC(=O)CC(NC(=O)[C@@H]1CCCN1C(=O)OCC1c2ccccc2-c2ccccc21)C1O[C@H]2OC(C)(C)O[C@H]2[C@@H]1OC. The minimum Gasteiger partial charge on any atom is -0.466 e. The molecule has 6 atom stereocenters. The molecule has 0 saturated carbocycles. The van der Waals surface area contributed by atoms with Crippen LogP contribution >= 0.6 is 0 Å². The third-order valence-corrected chi connectivity index (χ3v) is 8.84. The summed E-state index contributed by atoms with van der Waals surface area (Å²) in [6, 6.07) is 14.7. The first kappa shape index (κ1) is 30.5. The number of hydrogen-bond donors (Lipinski definition) is 1. The molecule has 1 N–H and O–H groups in total. The van der Waals surface area contributed by atoms with E-state index in [1.165, 1.54) is 12.0 Å². The number of hydrogen-bond acceptors (Lipinski definition) is 9. The number of ether oxygens (including phenoxy) is 6. The van der Waals surface area contributed by atoms with Crippen LogP contribution in [0.1, 0.15) is 57.1 Å². The van der Waals surface area contributed by atoms with E-state index in [9.17, 15) is 14.4 Å². The molecule has 0 spiro atoms. The molecule has 1 aliphatic carbocycles. The molecule has 3 heterocycles. The van der Waals surface area contributed by atoms with Crippen molar-refractivity contribution < 1.29 is 42.8 Å². The summed E-state index contributed by atoms with van der Waals surface area (Å²) in [4.78, 5) is 41.2. The Balaban J connectivity index is 1.14. The predicted molar refractivity (Wildman–Crippen MR) is 157 cm³/mol. The Bertz CT molecular complexity index is 1350. The first-order valence-corrected chi connectivity index (χ1v) is 15.3. The molecule has 6 rings (SSSR count). The van der Waals surface area contributed by atoms with Crippen molar-refractivity contribution in [1.82, 2.24) is 10.2 Å². The summed E-state index contributed by atoms with van der Waals surface area (Å²) in [5, 5.41) is 2.97. The molecular weight excluding hydrogens is 568 g/mol. The number of methoxy groups -OCH3 is 1. The summed E-state index contributed by atoms with van der Waals surface area (Å²) in [6.07, 6.45) is -2.19. The van der Waals surface area contributed by atoms with Crippen molar-refractivity contribution in [3.63, 3.8) is 0 Å². The molecule has 236 valence electrons. The lowest BCUT2D eigenvalue weighted by molar-refractivity contribution is -0.220. The van der Waals surface area contributed by atoms with Crippen molar-refractivity contribution in [2.75, 3.05) is 26.9 Å². The number of esters is 1. The molecule has 4 aliphatic rings. The largest absolute Gasteiger partial charge is 0.466 e. The van der Waals surface area contributed by atoms with Gasteiger partial charge in [0.2, 0.25) is 5.91 Å². The van der Waals surface area contributed by atoms with Crippen molar-refractivity contribution >= 4 is 18.0 Å². The third kappa shape index (κ3) is 5.81. The van der Waals surface area contributed by atoms with Gasteiger partial charge in [-0.2, -0.15) is 0 Å². The first-order chi connectivity index (χ1) is 21.2. The Morgan fingerprint density at radius 1 is 1.02 bits per heavy atom. The summed E-state index contributed by atoms with van der Waals surface area (Å²) in [5.41, 5.74) is 4.51. The van der Waals surface area contributed by atoms with Gasteiger partial charge in [0, 0.05) is 19.6 Å². The van der Waals surface area contributed by atoms with Crippen LogP contribution < -0.4 is 5.32 Å². The number of carbonyl (C=O) groups is 3. The average Bonchev–Trinajstić information content (AvgIpc) is 3.75. The fourth-order valence-electron chi connectivity index (χ4n) is 6.96. The summed E-state index contributed by atoms with van der Waals surface area (Å²) in [6.45, 7) is 6.03. The first-order valence-electron chi connectivity index (χ1n) is 15.3. The fourth-order valence-corrected chi connectivity index (χ4v) is 6.96. The summed E-state index contributed by atoms with van der Waals surface area (Å²) >= 11 is 0. The quantitative estimate of drug-likeness (QED) is 0.425. The number of likely N-dealkylation sites (tertiary alicyclic amines) is 1. The molecule has 0 radical (unpaired) electrons. The molecule has 11 heteroatoms. The van der Waals surface area contributed by atoms with Crippen LogP contribution in [0.25, 0.3) is 11.1 Å². The monoisotopic (exact) mass is 608 g/mol. The number of nitrogens with one attached hydrogen (secondary N) is 1. The Morgan fingerprint density at radius 3 is 2.36 bits per heavy atom. The predicted octanol–water partition coefficient (Wildman–Crippen LogP) is 3.73. The third-order valence-electron chi connectivity index (χ3n) is 8.84. The van der Waals surface area contributed by atoms with Gasteiger partial charge in [0.15, 0.2) is 12.1 Å². The van der Waals surface area contributed by atoms with Gasteiger partial charge in [0.25, 0.3) is 0 Å². The lowest BCUT2D eigenvalue weighted by atomic mass is 9.98. The van der Waals surface area contributed by atoms with Crippen LogP contribution in [0.4, 0.5) is 4.79 Å². The highest BCUT2D eigenvalue weighted by molar-refractivity contribution is 5.87. The van der Waals surface area contributed by atoms with Crippen molar-refractivity contribution in [3.05, 3.63) is 59.7 Å². The van der Waals surface area contributed by atoms with Crippen LogP contribution in [0, 0.1) is 0 Å². The van der Waals surface area contributed by atoms with E-state index >= 15 is 0 Å². The van der Waals surface area contributed by atoms with Crippen molar-refractivity contribution in [1.29, 1.82) is 0 Å². The highest BCUT2D eigenvalue weighted by atomic mass is 16.8. The summed E-state index contributed by atoms with van der Waals surface area (Å²) in [5.74, 6) is -1.84. The maximum absolute atomic E-state index is 13.7. The zero-order valence-electron chi connectivity index (χ0n) is 25.5. The molecular formula is C33H40N2O9. The van der Waals surface area contributed by atoms with Crippen LogP contribution in [0.5, 0.6) is 0 Å². The Hall–Kier alpha value is -3.51. The molecule has 3 fully saturated rings. The number of carbonyl (C=O) groups excluding carboxylic acids is 3. The van der Waals surface area contributed by atoms with Gasteiger partial charge in [-0.15, -0.1) is 0 Å². The van der Waals surface area contributed by atoms with E-state index in [0.717, 1.165) is 22.3 Å². The topological polar surface area (TPSA) is 122 Å². The Labute approximate surface area is 257 Å². The van der Waals surface area contributed by atoms with Crippen LogP contribution in [0.2, 0.25) is 0 Å². The summed E-state index contributed by atoms with van der Waals surface area (Å²) in [7, 11) is 1.52. The number of rotatable bonds is 9. The van der Waals surface area contributed by atoms with Gasteiger partial charge >= 0.3 is 12.1 Å². The molecule has 0 aromatic heterocycles. The molecule has 2 aromatic carbocycles. The minimum atomic E-state index is -0.857.